The molecule has 4 saturated carbocycles. The minimum absolute atomic E-state index is 0.237. The average Bonchev–Trinajstić information content (AvgIpc) is 3.24. The molecule has 4 fully saturated rings. The number of carbonyl (C=O) groups is 2. The second kappa shape index (κ2) is 4.98. The van der Waals surface area contributed by atoms with E-state index < -0.39 is 23.0 Å². The van der Waals surface area contributed by atoms with Crippen molar-refractivity contribution in [3.8, 4) is 0 Å². The Kier molecular flexibility index (Phi) is 3.41. The number of ether oxygens (including phenoxy) is 1. The van der Waals surface area contributed by atoms with Crippen LogP contribution in [0.5, 0.6) is 0 Å². The monoisotopic (exact) mass is 334 g/mol. The minimum Gasteiger partial charge on any atom is -0.480 e. The summed E-state index contributed by atoms with van der Waals surface area (Å²) < 4.78 is 6.12. The highest BCUT2D eigenvalue weighted by Crippen LogP contribution is 2.71. The van der Waals surface area contributed by atoms with E-state index in [0.717, 1.165) is 24.2 Å². The van der Waals surface area contributed by atoms with Crippen molar-refractivity contribution in [2.75, 3.05) is 0 Å². The predicted octanol–water partition coefficient (Wildman–Crippen LogP) is 3.74. The van der Waals surface area contributed by atoms with Gasteiger partial charge >= 0.3 is 11.9 Å². The lowest BCUT2D eigenvalue weighted by Crippen LogP contribution is -2.53. The summed E-state index contributed by atoms with van der Waals surface area (Å²) in [6, 6.07) is 0. The highest BCUT2D eigenvalue weighted by molar-refractivity contribution is 5.98. The second-order valence-electron chi connectivity index (χ2n) is 9.72. The van der Waals surface area contributed by atoms with E-state index in [9.17, 15) is 14.7 Å². The normalized spacial score (nSPS) is 45.7. The van der Waals surface area contributed by atoms with Crippen LogP contribution >= 0.6 is 0 Å². The fourth-order valence-electron chi connectivity index (χ4n) is 6.91. The second-order valence-corrected chi connectivity index (χ2v) is 9.72. The molecule has 0 spiro atoms. The molecular weight excluding hydrogens is 304 g/mol. The van der Waals surface area contributed by atoms with E-state index in [-0.39, 0.29) is 5.92 Å². The van der Waals surface area contributed by atoms with Crippen molar-refractivity contribution < 1.29 is 19.4 Å². The fraction of sp³-hybridized carbons (Fsp3) is 0.900. The number of carbonyl (C=O) groups excluding carboxylic acids is 1. The molecule has 0 heterocycles. The maximum Gasteiger partial charge on any atom is 0.323 e. The Hall–Kier alpha value is -1.06. The summed E-state index contributed by atoms with van der Waals surface area (Å²) in [5.74, 6) is 2.99. The lowest BCUT2D eigenvalue weighted by Gasteiger charge is -2.48. The van der Waals surface area contributed by atoms with Crippen LogP contribution in [0.15, 0.2) is 0 Å². The van der Waals surface area contributed by atoms with Crippen molar-refractivity contribution >= 4 is 11.9 Å². The minimum atomic E-state index is -1.47. The lowest BCUT2D eigenvalue weighted by atomic mass is 9.63. The van der Waals surface area contributed by atoms with E-state index in [1.54, 1.807) is 0 Å². The van der Waals surface area contributed by atoms with Crippen molar-refractivity contribution in [1.29, 1.82) is 0 Å². The molecule has 0 aliphatic heterocycles. The lowest BCUT2D eigenvalue weighted by molar-refractivity contribution is -0.194. The third-order valence-electron chi connectivity index (χ3n) is 8.13. The number of hydrogen-bond donors (Lipinski definition) is 1. The van der Waals surface area contributed by atoms with Crippen molar-refractivity contribution in [2.24, 2.45) is 46.8 Å². The number of carboxylic acid groups (broad SMARTS) is 1. The quantitative estimate of drug-likeness (QED) is 0.483. The third-order valence-corrected chi connectivity index (χ3v) is 8.13. The van der Waals surface area contributed by atoms with Gasteiger partial charge in [0.25, 0.3) is 0 Å². The molecule has 0 aromatic rings. The van der Waals surface area contributed by atoms with E-state index >= 15 is 0 Å². The summed E-state index contributed by atoms with van der Waals surface area (Å²) in [4.78, 5) is 24.2. The van der Waals surface area contributed by atoms with E-state index in [4.69, 9.17) is 4.74 Å². The first-order valence-electron chi connectivity index (χ1n) is 9.65. The zero-order valence-electron chi connectivity index (χ0n) is 15.2. The smallest absolute Gasteiger partial charge is 0.323 e. The molecule has 24 heavy (non-hydrogen) atoms. The van der Waals surface area contributed by atoms with Crippen LogP contribution < -0.4 is 0 Å². The average molecular weight is 334 g/mol. The Morgan fingerprint density at radius 2 is 1.71 bits per heavy atom. The predicted molar refractivity (Wildman–Crippen MR) is 89.1 cm³/mol. The van der Waals surface area contributed by atoms with E-state index in [1.807, 2.05) is 0 Å². The third kappa shape index (κ3) is 1.91. The Balaban J connectivity index is 1.63. The summed E-state index contributed by atoms with van der Waals surface area (Å²) in [6.45, 7) is 7.20. The van der Waals surface area contributed by atoms with Crippen LogP contribution in [0.1, 0.15) is 59.8 Å². The first-order chi connectivity index (χ1) is 11.2. The van der Waals surface area contributed by atoms with Gasteiger partial charge in [-0.15, -0.1) is 0 Å². The molecule has 1 N–H and O–H groups in total. The molecule has 0 aromatic heterocycles. The number of rotatable bonds is 4. The van der Waals surface area contributed by atoms with Crippen molar-refractivity contribution in [1.82, 2.24) is 0 Å². The zero-order chi connectivity index (χ0) is 17.4. The molecule has 0 aromatic carbocycles. The molecule has 134 valence electrons. The molecule has 0 radical (unpaired) electrons. The molecule has 7 atom stereocenters. The Morgan fingerprint density at radius 3 is 2.29 bits per heavy atom. The van der Waals surface area contributed by atoms with Gasteiger partial charge in [0.15, 0.2) is 5.41 Å². The van der Waals surface area contributed by atoms with Crippen LogP contribution in [0, 0.1) is 46.8 Å². The van der Waals surface area contributed by atoms with Gasteiger partial charge in [-0.05, 0) is 81.5 Å². The molecule has 4 aliphatic carbocycles. The largest absolute Gasteiger partial charge is 0.480 e. The van der Waals surface area contributed by atoms with Gasteiger partial charge in [0.2, 0.25) is 0 Å². The Bertz CT molecular complexity index is 580. The summed E-state index contributed by atoms with van der Waals surface area (Å²) in [5, 5.41) is 9.38. The van der Waals surface area contributed by atoms with Gasteiger partial charge in [0, 0.05) is 5.92 Å². The Labute approximate surface area is 144 Å². The van der Waals surface area contributed by atoms with Crippen LogP contribution in [-0.2, 0) is 14.3 Å². The zero-order valence-corrected chi connectivity index (χ0v) is 15.2. The molecule has 7 unspecified atom stereocenters. The molecule has 0 amide bonds. The Morgan fingerprint density at radius 1 is 1.08 bits per heavy atom. The van der Waals surface area contributed by atoms with Gasteiger partial charge in [0.05, 0.1) is 0 Å². The van der Waals surface area contributed by atoms with Gasteiger partial charge in [-0.25, -0.2) is 0 Å². The van der Waals surface area contributed by atoms with Crippen LogP contribution in [0.2, 0.25) is 0 Å². The molecule has 4 aliphatic rings. The van der Waals surface area contributed by atoms with Crippen LogP contribution in [0.25, 0.3) is 0 Å². The van der Waals surface area contributed by atoms with Crippen molar-refractivity contribution in [3.63, 3.8) is 0 Å². The maximum atomic E-state index is 12.7. The number of carboxylic acids is 1. The molecular formula is C20H30O4. The standard InChI is InChI=1S/C20H30O4/c1-10(2)20(24-18(23)19(3,4)17(21)22)9-13-8-14(20)16-12-6-5-11(7-12)15(13)16/h10-16H,5-9H2,1-4H3,(H,21,22). The van der Waals surface area contributed by atoms with E-state index in [1.165, 1.54) is 39.5 Å². The topological polar surface area (TPSA) is 63.6 Å². The van der Waals surface area contributed by atoms with Gasteiger partial charge in [-0.3, -0.25) is 9.59 Å². The first-order valence-corrected chi connectivity index (χ1v) is 9.65. The molecule has 4 heteroatoms. The SMILES string of the molecule is CC(C)C1(OC(=O)C(C)(C)C(=O)O)CC2CC1C1C3CCC(C3)C21. The highest BCUT2D eigenvalue weighted by atomic mass is 16.6. The first kappa shape index (κ1) is 16.4. The number of aliphatic carboxylic acids is 1. The van der Waals surface area contributed by atoms with Crippen LogP contribution in [-0.4, -0.2) is 22.6 Å². The van der Waals surface area contributed by atoms with Crippen molar-refractivity contribution in [3.05, 3.63) is 0 Å². The summed E-state index contributed by atoms with van der Waals surface area (Å²) in [7, 11) is 0. The van der Waals surface area contributed by atoms with E-state index in [2.05, 4.69) is 13.8 Å². The molecule has 4 nitrogen and oxygen atoms in total. The van der Waals surface area contributed by atoms with Crippen LogP contribution in [0.3, 0.4) is 0 Å². The molecule has 0 saturated heterocycles. The van der Waals surface area contributed by atoms with Crippen LogP contribution in [0.4, 0.5) is 0 Å². The van der Waals surface area contributed by atoms with Gasteiger partial charge in [-0.1, -0.05) is 13.8 Å². The van der Waals surface area contributed by atoms with Gasteiger partial charge < -0.3 is 9.84 Å². The van der Waals surface area contributed by atoms with Crippen molar-refractivity contribution in [2.45, 2.75) is 65.4 Å². The summed E-state index contributed by atoms with van der Waals surface area (Å²) >= 11 is 0. The molecule has 4 rings (SSSR count). The molecule has 4 bridgehead atoms. The number of hydrogen-bond acceptors (Lipinski definition) is 3. The summed E-state index contributed by atoms with van der Waals surface area (Å²) in [6.07, 6.45) is 6.25. The summed E-state index contributed by atoms with van der Waals surface area (Å²) in [5.41, 5.74) is -1.92. The highest BCUT2D eigenvalue weighted by Gasteiger charge is 2.69. The number of esters is 1. The number of fused-ring (bicyclic) bond motifs is 9. The van der Waals surface area contributed by atoms with Gasteiger partial charge in [0.1, 0.15) is 5.60 Å². The maximum absolute atomic E-state index is 12.7. The van der Waals surface area contributed by atoms with E-state index in [0.29, 0.717) is 17.8 Å². The van der Waals surface area contributed by atoms with Gasteiger partial charge in [-0.2, -0.15) is 0 Å². The fourth-order valence-corrected chi connectivity index (χ4v) is 6.91.